The number of hydrogen-bond acceptors (Lipinski definition) is 2. The van der Waals surface area contributed by atoms with E-state index in [2.05, 4.69) is 10.3 Å². The Morgan fingerprint density at radius 2 is 1.82 bits per heavy atom. The molecule has 0 atom stereocenters. The molecule has 2 nitrogen and oxygen atoms in total. The Balaban J connectivity index is 2.07. The van der Waals surface area contributed by atoms with Gasteiger partial charge in [0.25, 0.3) is 0 Å². The summed E-state index contributed by atoms with van der Waals surface area (Å²) in [4.78, 5) is 3.83. The molecule has 0 aliphatic rings. The highest BCUT2D eigenvalue weighted by Gasteiger charge is 2.01. The fourth-order valence-electron chi connectivity index (χ4n) is 1.43. The third-order valence-electron chi connectivity index (χ3n) is 2.15. The van der Waals surface area contributed by atoms with Crippen molar-refractivity contribution < 1.29 is 8.78 Å². The van der Waals surface area contributed by atoms with Gasteiger partial charge in [0, 0.05) is 24.5 Å². The van der Waals surface area contributed by atoms with Gasteiger partial charge in [0.15, 0.2) is 0 Å². The van der Waals surface area contributed by atoms with Crippen molar-refractivity contribution in [1.29, 1.82) is 0 Å². The zero-order valence-electron chi connectivity index (χ0n) is 8.75. The van der Waals surface area contributed by atoms with Crippen LogP contribution < -0.4 is 5.32 Å². The van der Waals surface area contributed by atoms with Crippen LogP contribution in [0.15, 0.2) is 36.5 Å². The van der Waals surface area contributed by atoms with Gasteiger partial charge in [-0.15, -0.1) is 0 Å². The van der Waals surface area contributed by atoms with Gasteiger partial charge >= 0.3 is 0 Å². The molecule has 0 radical (unpaired) electrons. The Kier molecular flexibility index (Phi) is 3.54. The van der Waals surface area contributed by atoms with E-state index in [9.17, 15) is 8.78 Å². The highest BCUT2D eigenvalue weighted by Crippen LogP contribution is 2.14. The molecule has 0 aliphatic heterocycles. The quantitative estimate of drug-likeness (QED) is 0.846. The first-order valence-electron chi connectivity index (χ1n) is 4.94. The lowest BCUT2D eigenvalue weighted by Gasteiger charge is -2.06. The molecule has 1 N–H and O–H groups in total. The molecule has 1 aromatic heterocycles. The average molecular weight is 255 g/mol. The van der Waals surface area contributed by atoms with Gasteiger partial charge in [-0.1, -0.05) is 11.6 Å². The number of nitrogens with zero attached hydrogens (tertiary/aromatic N) is 1. The lowest BCUT2D eigenvalue weighted by molar-refractivity contribution is 0.580. The van der Waals surface area contributed by atoms with Crippen LogP contribution >= 0.6 is 11.6 Å². The number of benzene rings is 1. The van der Waals surface area contributed by atoms with Crippen LogP contribution in [0.3, 0.4) is 0 Å². The molecule has 5 heteroatoms. The molecular weight excluding hydrogens is 246 g/mol. The van der Waals surface area contributed by atoms with Gasteiger partial charge < -0.3 is 5.32 Å². The smallest absolute Gasteiger partial charge is 0.131 e. The van der Waals surface area contributed by atoms with Crippen molar-refractivity contribution in [3.63, 3.8) is 0 Å². The highest BCUT2D eigenvalue weighted by atomic mass is 35.5. The van der Waals surface area contributed by atoms with E-state index in [0.717, 1.165) is 11.8 Å². The Bertz CT molecular complexity index is 511. The van der Waals surface area contributed by atoms with E-state index < -0.39 is 11.6 Å². The van der Waals surface area contributed by atoms with E-state index in [1.807, 2.05) is 0 Å². The molecular formula is C12H9ClF2N2. The molecule has 0 aliphatic carbocycles. The van der Waals surface area contributed by atoms with Gasteiger partial charge in [-0.3, -0.25) is 0 Å². The van der Waals surface area contributed by atoms with Crippen LogP contribution in [0, 0.1) is 11.6 Å². The lowest BCUT2D eigenvalue weighted by atomic mass is 10.2. The topological polar surface area (TPSA) is 24.9 Å². The largest absolute Gasteiger partial charge is 0.381 e. The fraction of sp³-hybridized carbons (Fsp3) is 0.0833. The average Bonchev–Trinajstić information content (AvgIpc) is 2.25. The molecule has 2 rings (SSSR count). The first kappa shape index (κ1) is 11.8. The Morgan fingerprint density at radius 3 is 2.47 bits per heavy atom. The molecule has 0 saturated heterocycles. The Labute approximate surface area is 102 Å². The maximum Gasteiger partial charge on any atom is 0.131 e. The lowest BCUT2D eigenvalue weighted by Crippen LogP contribution is -2.00. The van der Waals surface area contributed by atoms with Crippen LogP contribution in [0.1, 0.15) is 5.56 Å². The van der Waals surface area contributed by atoms with Crippen LogP contribution in [-0.4, -0.2) is 4.98 Å². The second-order valence-electron chi connectivity index (χ2n) is 3.50. The number of rotatable bonds is 3. The first-order valence-corrected chi connectivity index (χ1v) is 5.32. The van der Waals surface area contributed by atoms with Gasteiger partial charge in [-0.25, -0.2) is 13.8 Å². The van der Waals surface area contributed by atoms with Gasteiger partial charge in [-0.05, 0) is 29.8 Å². The van der Waals surface area contributed by atoms with Crippen molar-refractivity contribution in [3.8, 4) is 0 Å². The molecule has 0 bridgehead atoms. The van der Waals surface area contributed by atoms with Gasteiger partial charge in [0.2, 0.25) is 0 Å². The molecule has 88 valence electrons. The van der Waals surface area contributed by atoms with E-state index in [4.69, 9.17) is 11.6 Å². The third-order valence-corrected chi connectivity index (χ3v) is 2.35. The number of anilines is 1. The number of pyridine rings is 1. The maximum atomic E-state index is 12.9. The van der Waals surface area contributed by atoms with E-state index in [1.165, 1.54) is 12.1 Å². The Hall–Kier alpha value is -1.68. The van der Waals surface area contributed by atoms with E-state index in [0.29, 0.717) is 17.3 Å². The minimum absolute atomic E-state index is 0.315. The van der Waals surface area contributed by atoms with Crippen LogP contribution in [-0.2, 0) is 6.54 Å². The monoisotopic (exact) mass is 254 g/mol. The molecule has 1 aromatic carbocycles. The predicted molar refractivity (Wildman–Crippen MR) is 62.9 cm³/mol. The van der Waals surface area contributed by atoms with Crippen molar-refractivity contribution in [2.45, 2.75) is 6.54 Å². The summed E-state index contributed by atoms with van der Waals surface area (Å²) < 4.78 is 25.8. The summed E-state index contributed by atoms with van der Waals surface area (Å²) in [6.07, 6.45) is 1.55. The summed E-state index contributed by atoms with van der Waals surface area (Å²) in [7, 11) is 0. The zero-order valence-corrected chi connectivity index (χ0v) is 9.51. The molecule has 0 unspecified atom stereocenters. The van der Waals surface area contributed by atoms with Gasteiger partial charge in [0.1, 0.15) is 16.8 Å². The van der Waals surface area contributed by atoms with Crippen molar-refractivity contribution in [2.75, 3.05) is 5.32 Å². The van der Waals surface area contributed by atoms with Crippen LogP contribution in [0.2, 0.25) is 5.15 Å². The van der Waals surface area contributed by atoms with Gasteiger partial charge in [-0.2, -0.15) is 0 Å². The van der Waals surface area contributed by atoms with Crippen molar-refractivity contribution in [2.24, 2.45) is 0 Å². The van der Waals surface area contributed by atoms with Crippen LogP contribution in [0.4, 0.5) is 14.5 Å². The van der Waals surface area contributed by atoms with Crippen LogP contribution in [0.25, 0.3) is 0 Å². The summed E-state index contributed by atoms with van der Waals surface area (Å²) in [6.45, 7) is 0.315. The van der Waals surface area contributed by atoms with E-state index in [-0.39, 0.29) is 0 Å². The molecule has 0 fully saturated rings. The van der Waals surface area contributed by atoms with E-state index >= 15 is 0 Å². The minimum Gasteiger partial charge on any atom is -0.381 e. The molecule has 1 heterocycles. The first-order chi connectivity index (χ1) is 8.13. The fourth-order valence-corrected chi connectivity index (χ4v) is 1.60. The van der Waals surface area contributed by atoms with Crippen molar-refractivity contribution >= 4 is 17.3 Å². The number of aromatic nitrogens is 1. The van der Waals surface area contributed by atoms with Crippen molar-refractivity contribution in [3.05, 3.63) is 58.9 Å². The molecule has 0 amide bonds. The van der Waals surface area contributed by atoms with Crippen LogP contribution in [0.5, 0.6) is 0 Å². The standard InChI is InChI=1S/C12H9ClF2N2/c13-12-6-11(1-2-16-12)17-7-8-3-9(14)5-10(15)4-8/h1-6H,7H2,(H,16,17). The van der Waals surface area contributed by atoms with Gasteiger partial charge in [0.05, 0.1) is 0 Å². The number of nitrogens with one attached hydrogen (secondary N) is 1. The SMILES string of the molecule is Fc1cc(F)cc(CNc2ccnc(Cl)c2)c1. The second-order valence-corrected chi connectivity index (χ2v) is 3.89. The number of halogens is 3. The molecule has 17 heavy (non-hydrogen) atoms. The normalized spacial score (nSPS) is 10.3. The molecule has 2 aromatic rings. The summed E-state index contributed by atoms with van der Waals surface area (Å²) in [5, 5.41) is 3.36. The third kappa shape index (κ3) is 3.39. The summed E-state index contributed by atoms with van der Waals surface area (Å²) in [6, 6.07) is 6.75. The molecule has 0 spiro atoms. The number of hydrogen-bond donors (Lipinski definition) is 1. The molecule has 0 saturated carbocycles. The van der Waals surface area contributed by atoms with E-state index in [1.54, 1.807) is 18.3 Å². The minimum atomic E-state index is -0.588. The summed E-state index contributed by atoms with van der Waals surface area (Å²) in [5.74, 6) is -1.18. The zero-order chi connectivity index (χ0) is 12.3. The Morgan fingerprint density at radius 1 is 1.12 bits per heavy atom. The highest BCUT2D eigenvalue weighted by molar-refractivity contribution is 6.29. The summed E-state index contributed by atoms with van der Waals surface area (Å²) >= 11 is 5.71. The predicted octanol–water partition coefficient (Wildman–Crippen LogP) is 3.63. The second kappa shape index (κ2) is 5.10. The maximum absolute atomic E-state index is 12.9. The van der Waals surface area contributed by atoms with Crippen molar-refractivity contribution in [1.82, 2.24) is 4.98 Å². The summed E-state index contributed by atoms with van der Waals surface area (Å²) in [5.41, 5.74) is 1.27.